The molecule has 3 heterocycles. The normalized spacial score (nSPS) is 23.8. The molecule has 3 aliphatic rings. The van der Waals surface area contributed by atoms with Gasteiger partial charge in [-0.3, -0.25) is 9.59 Å². The topological polar surface area (TPSA) is 123 Å². The molecule has 4 unspecified atom stereocenters. The van der Waals surface area contributed by atoms with E-state index in [4.69, 9.17) is 14.9 Å². The zero-order chi connectivity index (χ0) is 28.7. The van der Waals surface area contributed by atoms with Crippen molar-refractivity contribution in [3.8, 4) is 0 Å². The van der Waals surface area contributed by atoms with Gasteiger partial charge in [0.15, 0.2) is 17.1 Å². The fourth-order valence-corrected chi connectivity index (χ4v) is 4.68. The highest BCUT2D eigenvalue weighted by Crippen LogP contribution is 2.42. The van der Waals surface area contributed by atoms with Crippen LogP contribution in [-0.4, -0.2) is 65.5 Å². The Morgan fingerprint density at radius 2 is 1.95 bits per heavy atom. The number of hydrogen-bond donors (Lipinski definition) is 2. The quantitative estimate of drug-likeness (QED) is 0.394. The van der Waals surface area contributed by atoms with Gasteiger partial charge in [0.25, 0.3) is 11.8 Å². The lowest BCUT2D eigenvalue weighted by molar-refractivity contribution is -0.140. The first kappa shape index (κ1) is 28.3. The maximum Gasteiger partial charge on any atom is 0.433 e. The zero-order valence-electron chi connectivity index (χ0n) is 21.6. The van der Waals surface area contributed by atoms with Gasteiger partial charge in [0, 0.05) is 25.0 Å². The molecule has 0 saturated carbocycles. The van der Waals surface area contributed by atoms with E-state index in [-0.39, 0.29) is 41.9 Å². The van der Waals surface area contributed by atoms with Gasteiger partial charge >= 0.3 is 6.18 Å². The van der Waals surface area contributed by atoms with Crippen LogP contribution in [0.5, 0.6) is 0 Å². The number of nitrogens with zero attached hydrogens (tertiary/aromatic N) is 3. The van der Waals surface area contributed by atoms with Crippen molar-refractivity contribution in [1.29, 1.82) is 0 Å². The second-order valence-corrected chi connectivity index (χ2v) is 9.93. The maximum atomic E-state index is 14.1. The van der Waals surface area contributed by atoms with Gasteiger partial charge in [0.05, 0.1) is 24.8 Å². The lowest BCUT2D eigenvalue weighted by Crippen LogP contribution is -2.44. The number of aliphatic imine (C=N–C) groups is 1. The minimum atomic E-state index is -4.65. The Kier molecular flexibility index (Phi) is 7.57. The second kappa shape index (κ2) is 10.4. The minimum absolute atomic E-state index is 0.0176. The summed E-state index contributed by atoms with van der Waals surface area (Å²) in [6.07, 6.45) is 2.45. The number of likely N-dealkylation sites (tertiary alicyclic amines) is 1. The van der Waals surface area contributed by atoms with Crippen LogP contribution < -0.4 is 11.1 Å². The van der Waals surface area contributed by atoms with Gasteiger partial charge in [-0.1, -0.05) is 18.2 Å². The molecule has 1 aromatic rings. The van der Waals surface area contributed by atoms with Crippen LogP contribution in [0.2, 0.25) is 0 Å². The summed E-state index contributed by atoms with van der Waals surface area (Å²) in [7, 11) is 1.33. The summed E-state index contributed by atoms with van der Waals surface area (Å²) in [4.78, 5) is 35.0. The predicted octanol–water partition coefficient (Wildman–Crippen LogP) is 3.64. The first-order valence-electron chi connectivity index (χ1n) is 12.2. The van der Waals surface area contributed by atoms with Crippen molar-refractivity contribution in [3.05, 3.63) is 65.8 Å². The van der Waals surface area contributed by atoms with Crippen molar-refractivity contribution in [3.63, 3.8) is 0 Å². The number of dihydropyridines is 1. The monoisotopic (exact) mass is 551 g/mol. The molecule has 0 bridgehead atoms. The number of carbonyl (C=O) groups is 2. The van der Waals surface area contributed by atoms with Gasteiger partial charge < -0.3 is 25.1 Å². The van der Waals surface area contributed by atoms with Gasteiger partial charge in [0.1, 0.15) is 11.5 Å². The number of nitrogens with two attached hydrogens (primary N) is 1. The van der Waals surface area contributed by atoms with Crippen LogP contribution in [0.15, 0.2) is 57.8 Å². The summed E-state index contributed by atoms with van der Waals surface area (Å²) in [6, 6.07) is -1.36. The van der Waals surface area contributed by atoms with Crippen LogP contribution in [0.1, 0.15) is 54.4 Å². The number of carbonyl (C=O) groups excluding carboxylic acids is 2. The molecule has 1 fully saturated rings. The number of rotatable bonds is 7. The van der Waals surface area contributed by atoms with Crippen molar-refractivity contribution >= 4 is 17.5 Å². The molecule has 2 amide bonds. The average Bonchev–Trinajstić information content (AvgIpc) is 3.53. The van der Waals surface area contributed by atoms with Crippen molar-refractivity contribution in [1.82, 2.24) is 15.2 Å². The van der Waals surface area contributed by atoms with E-state index in [2.05, 4.69) is 21.9 Å². The minimum Gasteiger partial charge on any atom is -0.495 e. The number of hydrogen-bond acceptors (Lipinski definition) is 7. The molecule has 4 atom stereocenters. The third-order valence-corrected chi connectivity index (χ3v) is 6.67. The Labute approximate surface area is 222 Å². The molecular formula is C26H29F4N5O4. The summed E-state index contributed by atoms with van der Waals surface area (Å²) in [6.45, 7) is 6.38. The Hall–Kier alpha value is -3.74. The van der Waals surface area contributed by atoms with E-state index in [1.807, 2.05) is 0 Å². The number of halogens is 4. The number of amides is 2. The summed E-state index contributed by atoms with van der Waals surface area (Å²) >= 11 is 0. The van der Waals surface area contributed by atoms with E-state index < -0.39 is 53.3 Å². The molecule has 4 rings (SSSR count). The van der Waals surface area contributed by atoms with Gasteiger partial charge in [-0.05, 0) is 32.4 Å². The summed E-state index contributed by atoms with van der Waals surface area (Å²) < 4.78 is 65.2. The molecule has 39 heavy (non-hydrogen) atoms. The van der Waals surface area contributed by atoms with Gasteiger partial charge in [-0.25, -0.2) is 14.4 Å². The number of methoxy groups -OCH3 is 1. The highest BCUT2D eigenvalue weighted by Gasteiger charge is 2.41. The fourth-order valence-electron chi connectivity index (χ4n) is 4.68. The Morgan fingerprint density at radius 1 is 1.26 bits per heavy atom. The van der Waals surface area contributed by atoms with Gasteiger partial charge in [0.2, 0.25) is 5.89 Å². The van der Waals surface area contributed by atoms with E-state index in [0.717, 1.165) is 6.08 Å². The van der Waals surface area contributed by atoms with Crippen molar-refractivity contribution in [2.45, 2.75) is 50.1 Å². The molecule has 13 heteroatoms. The number of fused-ring (bicyclic) bond motifs is 1. The zero-order valence-corrected chi connectivity index (χ0v) is 21.6. The van der Waals surface area contributed by atoms with Crippen LogP contribution in [0.4, 0.5) is 17.6 Å². The molecule has 2 aliphatic heterocycles. The molecule has 0 aromatic carbocycles. The van der Waals surface area contributed by atoms with Gasteiger partial charge in [-0.2, -0.15) is 13.2 Å². The molecule has 1 aliphatic carbocycles. The Balaban J connectivity index is 1.60. The highest BCUT2D eigenvalue weighted by atomic mass is 19.4. The molecule has 3 N–H and O–H groups in total. The first-order chi connectivity index (χ1) is 18.2. The summed E-state index contributed by atoms with van der Waals surface area (Å²) in [5.74, 6) is -2.50. The SMILES string of the molecule is C=CC(N)c1oc(C2C=CC(OC)=C3N=C(C(F)(F)F)C=CC32)nc1C(=O)NC1CCN(C(=O)C(C)(C)F)C1. The van der Waals surface area contributed by atoms with Crippen LogP contribution in [0.3, 0.4) is 0 Å². The van der Waals surface area contributed by atoms with Crippen LogP contribution in [-0.2, 0) is 9.53 Å². The Bertz CT molecular complexity index is 1290. The fraction of sp³-hybridized carbons (Fsp3) is 0.462. The highest BCUT2D eigenvalue weighted by molar-refractivity contribution is 6.01. The van der Waals surface area contributed by atoms with Crippen LogP contribution in [0.25, 0.3) is 0 Å². The van der Waals surface area contributed by atoms with E-state index in [0.29, 0.717) is 6.42 Å². The number of oxazole rings is 1. The molecule has 9 nitrogen and oxygen atoms in total. The van der Waals surface area contributed by atoms with Crippen molar-refractivity contribution < 1.29 is 36.3 Å². The second-order valence-electron chi connectivity index (χ2n) is 9.93. The summed E-state index contributed by atoms with van der Waals surface area (Å²) in [5.41, 5.74) is 2.92. The van der Waals surface area contributed by atoms with Crippen LogP contribution >= 0.6 is 0 Å². The van der Waals surface area contributed by atoms with Crippen LogP contribution in [0, 0.1) is 5.92 Å². The van der Waals surface area contributed by atoms with Gasteiger partial charge in [-0.15, -0.1) is 6.58 Å². The van der Waals surface area contributed by atoms with Crippen molar-refractivity contribution in [2.24, 2.45) is 16.6 Å². The third kappa shape index (κ3) is 5.68. The lowest BCUT2D eigenvalue weighted by atomic mass is 9.83. The molecular weight excluding hydrogens is 522 g/mol. The average molecular weight is 552 g/mol. The number of nitrogens with one attached hydrogen (secondary N) is 1. The standard InChI is InChI=1S/C26H29F4N5O4/c1-5-16(31)21-20(22(36)32-13-10-11-35(12-13)24(37)25(2,3)27)34-23(39-21)15-6-8-17(38-4)19-14(15)7-9-18(33-19)26(28,29)30/h5-9,13-16H,1,10-12,31H2,2-4H3,(H,32,36). The largest absolute Gasteiger partial charge is 0.495 e. The smallest absolute Gasteiger partial charge is 0.433 e. The number of ether oxygens (including phenoxy) is 1. The maximum absolute atomic E-state index is 14.1. The molecule has 1 saturated heterocycles. The first-order valence-corrected chi connectivity index (χ1v) is 12.2. The molecule has 210 valence electrons. The number of aromatic nitrogens is 1. The van der Waals surface area contributed by atoms with E-state index >= 15 is 0 Å². The molecule has 0 radical (unpaired) electrons. The van der Waals surface area contributed by atoms with E-state index in [9.17, 15) is 27.2 Å². The molecule has 0 spiro atoms. The third-order valence-electron chi connectivity index (χ3n) is 6.67. The number of allylic oxidation sites excluding steroid dienone is 4. The van der Waals surface area contributed by atoms with Crippen molar-refractivity contribution in [2.75, 3.05) is 20.2 Å². The molecule has 1 aromatic heterocycles. The summed E-state index contributed by atoms with van der Waals surface area (Å²) in [5, 5.41) is 2.79. The Morgan fingerprint density at radius 3 is 2.56 bits per heavy atom. The van der Waals surface area contributed by atoms with E-state index in [1.54, 1.807) is 6.08 Å². The van der Waals surface area contributed by atoms with E-state index in [1.165, 1.54) is 44.1 Å². The predicted molar refractivity (Wildman–Crippen MR) is 133 cm³/mol. The number of alkyl halides is 4. The lowest BCUT2D eigenvalue weighted by Gasteiger charge is -2.28.